The summed E-state index contributed by atoms with van der Waals surface area (Å²) < 4.78 is 0. The Morgan fingerprint density at radius 2 is 1.74 bits per heavy atom. The number of primary amides is 1. The summed E-state index contributed by atoms with van der Waals surface area (Å²) in [5, 5.41) is 0. The van der Waals surface area contributed by atoms with Gasteiger partial charge in [0.15, 0.2) is 0 Å². The number of nitrogens with two attached hydrogens (primary N) is 1. The number of carbonyl (C=O) groups excluding carboxylic acids is 1. The van der Waals surface area contributed by atoms with Gasteiger partial charge in [-0.25, -0.2) is 4.98 Å². The van der Waals surface area contributed by atoms with E-state index in [-0.39, 0.29) is 0 Å². The van der Waals surface area contributed by atoms with E-state index in [1.165, 1.54) is 0 Å². The fourth-order valence-corrected chi connectivity index (χ4v) is 3.81. The molecule has 3 heterocycles. The van der Waals surface area contributed by atoms with Crippen molar-refractivity contribution in [3.8, 4) is 22.6 Å². The molecule has 0 bridgehead atoms. The molecule has 3 N–H and O–H groups in total. The van der Waals surface area contributed by atoms with Crippen LogP contribution >= 0.6 is 0 Å². The molecule has 0 atom stereocenters. The highest BCUT2D eigenvalue weighted by Gasteiger charge is 2.19. The molecule has 34 heavy (non-hydrogen) atoms. The highest BCUT2D eigenvalue weighted by molar-refractivity contribution is 5.93. The van der Waals surface area contributed by atoms with Crippen LogP contribution in [0.5, 0.6) is 0 Å². The first-order valence-corrected chi connectivity index (χ1v) is 10.9. The molecule has 0 unspecified atom stereocenters. The van der Waals surface area contributed by atoms with Crippen molar-refractivity contribution in [2.24, 2.45) is 5.73 Å². The third-order valence-electron chi connectivity index (χ3n) is 5.72. The van der Waals surface area contributed by atoms with E-state index < -0.39 is 5.91 Å². The lowest BCUT2D eigenvalue weighted by molar-refractivity contribution is 0.100. The zero-order chi connectivity index (χ0) is 23.7. The molecule has 0 spiro atoms. The van der Waals surface area contributed by atoms with Gasteiger partial charge in [-0.3, -0.25) is 19.7 Å². The molecular formula is C26H23N7O. The average Bonchev–Trinajstić information content (AvgIpc) is 3.33. The van der Waals surface area contributed by atoms with Crippen LogP contribution in [0.15, 0.2) is 73.1 Å². The minimum Gasteiger partial charge on any atom is -0.366 e. The maximum atomic E-state index is 11.4. The molecule has 8 heteroatoms. The van der Waals surface area contributed by atoms with Gasteiger partial charge in [0.1, 0.15) is 5.69 Å². The first-order chi connectivity index (χ1) is 16.5. The Kier molecular flexibility index (Phi) is 5.47. The van der Waals surface area contributed by atoms with E-state index in [0.29, 0.717) is 11.5 Å². The fraction of sp³-hybridized carbons (Fsp3) is 0.115. The summed E-state index contributed by atoms with van der Waals surface area (Å²) in [6, 6.07) is 19.0. The van der Waals surface area contributed by atoms with E-state index in [1.54, 1.807) is 24.5 Å². The Bertz CT molecular complexity index is 1490. The van der Waals surface area contributed by atoms with Gasteiger partial charge in [0.05, 0.1) is 22.4 Å². The number of aryl methyl sites for hydroxylation is 1. The van der Waals surface area contributed by atoms with E-state index in [2.05, 4.69) is 21.9 Å². The van der Waals surface area contributed by atoms with Gasteiger partial charge in [-0.15, -0.1) is 0 Å². The fourth-order valence-electron chi connectivity index (χ4n) is 3.81. The van der Waals surface area contributed by atoms with Crippen molar-refractivity contribution < 1.29 is 4.79 Å². The third-order valence-corrected chi connectivity index (χ3v) is 5.72. The second kappa shape index (κ2) is 8.74. The topological polar surface area (TPSA) is 114 Å². The predicted octanol–water partition coefficient (Wildman–Crippen LogP) is 4.51. The van der Waals surface area contributed by atoms with Gasteiger partial charge < -0.3 is 15.6 Å². The second-order valence-corrected chi connectivity index (χ2v) is 7.88. The molecule has 3 aromatic heterocycles. The lowest BCUT2D eigenvalue weighted by Gasteiger charge is -2.16. The van der Waals surface area contributed by atoms with Gasteiger partial charge in [-0.1, -0.05) is 19.1 Å². The van der Waals surface area contributed by atoms with Gasteiger partial charge in [-0.05, 0) is 55.0 Å². The zero-order valence-corrected chi connectivity index (χ0v) is 18.9. The molecular weight excluding hydrogens is 426 g/mol. The van der Waals surface area contributed by atoms with Crippen molar-refractivity contribution in [2.45, 2.75) is 13.3 Å². The monoisotopic (exact) mass is 449 g/mol. The molecule has 0 radical (unpaired) electrons. The van der Waals surface area contributed by atoms with Crippen LogP contribution in [0.2, 0.25) is 0 Å². The number of aromatic amines is 1. The largest absolute Gasteiger partial charge is 0.366 e. The maximum Gasteiger partial charge on any atom is 0.248 e. The molecule has 168 valence electrons. The number of fused-ring (bicyclic) bond motifs is 1. The first-order valence-electron chi connectivity index (χ1n) is 10.9. The number of amides is 1. The van der Waals surface area contributed by atoms with Crippen LogP contribution in [0.4, 0.5) is 11.6 Å². The Hall–Kier alpha value is -4.59. The van der Waals surface area contributed by atoms with Crippen LogP contribution in [0.25, 0.3) is 33.7 Å². The van der Waals surface area contributed by atoms with E-state index in [9.17, 15) is 4.79 Å². The Morgan fingerprint density at radius 1 is 0.971 bits per heavy atom. The molecule has 2 aromatic carbocycles. The van der Waals surface area contributed by atoms with Gasteiger partial charge in [0, 0.05) is 41.9 Å². The van der Waals surface area contributed by atoms with Gasteiger partial charge in [0.2, 0.25) is 11.9 Å². The summed E-state index contributed by atoms with van der Waals surface area (Å²) in [4.78, 5) is 35.4. The summed E-state index contributed by atoms with van der Waals surface area (Å²) in [5.41, 5.74) is 12.6. The predicted molar refractivity (Wildman–Crippen MR) is 133 cm³/mol. The standard InChI is InChI=1S/C26H23N7O/c1-3-18-5-4-6-21(30-18)24-23(17-9-12-20-22(15-17)29-14-13-28-20)31-26(32-24)33(2)19-10-7-16(8-11-19)25(27)34/h4-15H,3H2,1-2H3,(H2,27,34)(H,31,32). The van der Waals surface area contributed by atoms with Crippen molar-refractivity contribution in [1.29, 1.82) is 0 Å². The van der Waals surface area contributed by atoms with Crippen LogP contribution in [0.3, 0.4) is 0 Å². The Morgan fingerprint density at radius 3 is 2.47 bits per heavy atom. The highest BCUT2D eigenvalue weighted by Crippen LogP contribution is 2.34. The van der Waals surface area contributed by atoms with Crippen molar-refractivity contribution in [2.75, 3.05) is 11.9 Å². The minimum atomic E-state index is -0.460. The van der Waals surface area contributed by atoms with E-state index in [4.69, 9.17) is 15.7 Å². The number of nitrogens with one attached hydrogen (secondary N) is 1. The van der Waals surface area contributed by atoms with Gasteiger partial charge in [-0.2, -0.15) is 0 Å². The van der Waals surface area contributed by atoms with E-state index in [0.717, 1.165) is 51.5 Å². The zero-order valence-electron chi connectivity index (χ0n) is 18.9. The number of aromatic nitrogens is 5. The number of nitrogens with zero attached hydrogens (tertiary/aromatic N) is 5. The van der Waals surface area contributed by atoms with Crippen LogP contribution in [0, 0.1) is 0 Å². The number of imidazole rings is 1. The molecule has 0 aliphatic rings. The number of anilines is 2. The maximum absolute atomic E-state index is 11.4. The number of benzene rings is 2. The summed E-state index contributed by atoms with van der Waals surface area (Å²) in [7, 11) is 1.91. The first kappa shape index (κ1) is 21.3. The van der Waals surface area contributed by atoms with Gasteiger partial charge >= 0.3 is 0 Å². The number of rotatable bonds is 6. The second-order valence-electron chi connectivity index (χ2n) is 7.88. The number of carbonyl (C=O) groups is 1. The van der Waals surface area contributed by atoms with E-state index >= 15 is 0 Å². The van der Waals surface area contributed by atoms with Crippen molar-refractivity contribution in [3.63, 3.8) is 0 Å². The minimum absolute atomic E-state index is 0.454. The van der Waals surface area contributed by atoms with Crippen LogP contribution in [0.1, 0.15) is 23.0 Å². The molecule has 5 aromatic rings. The number of pyridine rings is 1. The molecule has 0 aliphatic heterocycles. The van der Waals surface area contributed by atoms with Crippen LogP contribution < -0.4 is 10.6 Å². The number of H-pyrrole nitrogens is 1. The molecule has 0 fully saturated rings. The van der Waals surface area contributed by atoms with Gasteiger partial charge in [0.25, 0.3) is 0 Å². The number of hydrogen-bond donors (Lipinski definition) is 2. The lowest BCUT2D eigenvalue weighted by atomic mass is 10.1. The molecule has 0 saturated carbocycles. The van der Waals surface area contributed by atoms with Crippen LogP contribution in [-0.4, -0.2) is 37.9 Å². The third kappa shape index (κ3) is 3.97. The van der Waals surface area contributed by atoms with E-state index in [1.807, 2.05) is 60.5 Å². The van der Waals surface area contributed by atoms with Crippen molar-refractivity contribution in [3.05, 3.63) is 84.3 Å². The SMILES string of the molecule is CCc1cccc(-c2[nH]c(N(C)c3ccc(C(N)=O)cc3)nc2-c2ccc3nccnc3c2)n1. The lowest BCUT2D eigenvalue weighted by Crippen LogP contribution is -2.13. The molecule has 1 amide bonds. The molecule has 8 nitrogen and oxygen atoms in total. The highest BCUT2D eigenvalue weighted by atomic mass is 16.1. The molecule has 5 rings (SSSR count). The van der Waals surface area contributed by atoms with Crippen molar-refractivity contribution in [1.82, 2.24) is 24.9 Å². The average molecular weight is 450 g/mol. The molecule has 0 aliphatic carbocycles. The summed E-state index contributed by atoms with van der Waals surface area (Å²) >= 11 is 0. The van der Waals surface area contributed by atoms with Crippen molar-refractivity contribution >= 4 is 28.6 Å². The normalized spacial score (nSPS) is 11.0. The summed E-state index contributed by atoms with van der Waals surface area (Å²) in [6.45, 7) is 2.08. The Balaban J connectivity index is 1.63. The Labute approximate surface area is 196 Å². The molecule has 0 saturated heterocycles. The number of hydrogen-bond acceptors (Lipinski definition) is 6. The summed E-state index contributed by atoms with van der Waals surface area (Å²) in [5.74, 6) is 0.179. The summed E-state index contributed by atoms with van der Waals surface area (Å²) in [6.07, 6.45) is 4.19. The van der Waals surface area contributed by atoms with Crippen LogP contribution in [-0.2, 0) is 6.42 Å². The quantitative estimate of drug-likeness (QED) is 0.394. The smallest absolute Gasteiger partial charge is 0.248 e.